The zero-order valence-electron chi connectivity index (χ0n) is 10.8. The zero-order chi connectivity index (χ0) is 12.0. The lowest BCUT2D eigenvalue weighted by Crippen LogP contribution is -2.53. The minimum atomic E-state index is 0.162. The Hall–Kier alpha value is -0.610. The molecule has 16 heavy (non-hydrogen) atoms. The number of amides is 1. The third-order valence-electron chi connectivity index (χ3n) is 3.11. The summed E-state index contributed by atoms with van der Waals surface area (Å²) in [6.45, 7) is 9.85. The van der Waals surface area contributed by atoms with Gasteiger partial charge in [0.15, 0.2) is 0 Å². The largest absolute Gasteiger partial charge is 0.353 e. The number of rotatable bonds is 5. The molecule has 1 unspecified atom stereocenters. The number of piperazine rings is 1. The van der Waals surface area contributed by atoms with E-state index in [1.807, 2.05) is 0 Å². The number of hydrogen-bond donors (Lipinski definition) is 2. The van der Waals surface area contributed by atoms with E-state index in [0.717, 1.165) is 32.5 Å². The molecule has 0 bridgehead atoms. The molecule has 1 amide bonds. The van der Waals surface area contributed by atoms with Crippen molar-refractivity contribution >= 4 is 5.91 Å². The molecule has 0 aromatic rings. The van der Waals surface area contributed by atoms with Crippen molar-refractivity contribution in [3.63, 3.8) is 0 Å². The highest BCUT2D eigenvalue weighted by molar-refractivity contribution is 5.78. The zero-order valence-corrected chi connectivity index (χ0v) is 10.8. The molecule has 1 heterocycles. The fourth-order valence-electron chi connectivity index (χ4n) is 2.13. The number of nitrogens with one attached hydrogen (secondary N) is 2. The molecule has 0 aromatic heterocycles. The first kappa shape index (κ1) is 13.5. The van der Waals surface area contributed by atoms with E-state index in [1.54, 1.807) is 0 Å². The summed E-state index contributed by atoms with van der Waals surface area (Å²) >= 11 is 0. The van der Waals surface area contributed by atoms with Gasteiger partial charge in [-0.1, -0.05) is 13.3 Å². The molecule has 2 atom stereocenters. The lowest BCUT2D eigenvalue weighted by Gasteiger charge is -2.33. The van der Waals surface area contributed by atoms with Gasteiger partial charge in [0, 0.05) is 31.7 Å². The minimum absolute atomic E-state index is 0.162. The predicted molar refractivity (Wildman–Crippen MR) is 66.4 cm³/mol. The van der Waals surface area contributed by atoms with Gasteiger partial charge in [0.2, 0.25) is 5.91 Å². The molecule has 0 radical (unpaired) electrons. The maximum Gasteiger partial charge on any atom is 0.234 e. The number of nitrogens with zero attached hydrogens (tertiary/aromatic N) is 1. The maximum absolute atomic E-state index is 11.8. The Morgan fingerprint density at radius 2 is 2.38 bits per heavy atom. The van der Waals surface area contributed by atoms with Gasteiger partial charge >= 0.3 is 0 Å². The molecule has 1 aliphatic heterocycles. The van der Waals surface area contributed by atoms with Crippen LogP contribution in [0.3, 0.4) is 0 Å². The molecule has 94 valence electrons. The number of carbonyl (C=O) groups is 1. The van der Waals surface area contributed by atoms with Crippen molar-refractivity contribution in [2.45, 2.75) is 45.7 Å². The minimum Gasteiger partial charge on any atom is -0.353 e. The Balaban J connectivity index is 2.27. The van der Waals surface area contributed by atoms with E-state index < -0.39 is 0 Å². The summed E-state index contributed by atoms with van der Waals surface area (Å²) in [4.78, 5) is 14.0. The summed E-state index contributed by atoms with van der Waals surface area (Å²) in [5, 5.41) is 6.37. The first-order chi connectivity index (χ1) is 7.63. The standard InChI is InChI=1S/C12H25N3O/c1-4-5-10(2)14-12(16)9-15-7-6-13-8-11(15)3/h10-11,13H,4-9H2,1-3H3,(H,14,16)/t10?,11-/m0/s1. The molecule has 0 aromatic carbocycles. The highest BCUT2D eigenvalue weighted by Gasteiger charge is 2.20. The highest BCUT2D eigenvalue weighted by Crippen LogP contribution is 2.02. The Kier molecular flexibility index (Phi) is 5.77. The van der Waals surface area contributed by atoms with Crippen LogP contribution in [0.5, 0.6) is 0 Å². The van der Waals surface area contributed by atoms with Crippen LogP contribution < -0.4 is 10.6 Å². The van der Waals surface area contributed by atoms with Crippen LogP contribution in [0.4, 0.5) is 0 Å². The summed E-state index contributed by atoms with van der Waals surface area (Å²) in [5.41, 5.74) is 0. The Morgan fingerprint density at radius 1 is 1.62 bits per heavy atom. The molecule has 0 aliphatic carbocycles. The molecule has 2 N–H and O–H groups in total. The number of carbonyl (C=O) groups excluding carboxylic acids is 1. The van der Waals surface area contributed by atoms with Crippen molar-refractivity contribution in [2.75, 3.05) is 26.2 Å². The average Bonchev–Trinajstić information content (AvgIpc) is 2.21. The topological polar surface area (TPSA) is 44.4 Å². The Morgan fingerprint density at radius 3 is 3.00 bits per heavy atom. The van der Waals surface area contributed by atoms with E-state index in [0.29, 0.717) is 18.6 Å². The lowest BCUT2D eigenvalue weighted by atomic mass is 10.2. The van der Waals surface area contributed by atoms with Crippen molar-refractivity contribution < 1.29 is 4.79 Å². The van der Waals surface area contributed by atoms with E-state index in [1.165, 1.54) is 0 Å². The molecule has 4 nitrogen and oxygen atoms in total. The Labute approximate surface area is 98.8 Å². The highest BCUT2D eigenvalue weighted by atomic mass is 16.2. The summed E-state index contributed by atoms with van der Waals surface area (Å²) in [6, 6.07) is 0.761. The molecular formula is C12H25N3O. The first-order valence-corrected chi connectivity index (χ1v) is 6.37. The third kappa shape index (κ3) is 4.49. The molecule has 1 saturated heterocycles. The van der Waals surface area contributed by atoms with E-state index in [4.69, 9.17) is 0 Å². The smallest absolute Gasteiger partial charge is 0.234 e. The molecule has 1 fully saturated rings. The molecule has 1 aliphatic rings. The van der Waals surface area contributed by atoms with Gasteiger partial charge in [0.05, 0.1) is 6.54 Å². The fraction of sp³-hybridized carbons (Fsp3) is 0.917. The lowest BCUT2D eigenvalue weighted by molar-refractivity contribution is -0.123. The summed E-state index contributed by atoms with van der Waals surface area (Å²) < 4.78 is 0. The second kappa shape index (κ2) is 6.86. The van der Waals surface area contributed by atoms with Crippen LogP contribution in [-0.4, -0.2) is 49.1 Å². The third-order valence-corrected chi connectivity index (χ3v) is 3.11. The molecular weight excluding hydrogens is 202 g/mol. The van der Waals surface area contributed by atoms with Crippen LogP contribution in [-0.2, 0) is 4.79 Å². The van der Waals surface area contributed by atoms with E-state index in [-0.39, 0.29) is 5.91 Å². The van der Waals surface area contributed by atoms with Gasteiger partial charge in [-0.2, -0.15) is 0 Å². The fourth-order valence-corrected chi connectivity index (χ4v) is 2.13. The van der Waals surface area contributed by atoms with Crippen molar-refractivity contribution in [1.82, 2.24) is 15.5 Å². The van der Waals surface area contributed by atoms with Crippen LogP contribution in [0.2, 0.25) is 0 Å². The molecule has 4 heteroatoms. The predicted octanol–water partition coefficient (Wildman–Crippen LogP) is 0.585. The van der Waals surface area contributed by atoms with Crippen molar-refractivity contribution in [3.8, 4) is 0 Å². The second-order valence-corrected chi connectivity index (χ2v) is 4.78. The Bertz CT molecular complexity index is 220. The SMILES string of the molecule is CCCC(C)NC(=O)CN1CCNC[C@@H]1C. The van der Waals surface area contributed by atoms with E-state index >= 15 is 0 Å². The van der Waals surface area contributed by atoms with Crippen LogP contribution in [0.1, 0.15) is 33.6 Å². The van der Waals surface area contributed by atoms with Gasteiger partial charge in [-0.25, -0.2) is 0 Å². The van der Waals surface area contributed by atoms with Gasteiger partial charge < -0.3 is 10.6 Å². The van der Waals surface area contributed by atoms with E-state index in [2.05, 4.69) is 36.3 Å². The first-order valence-electron chi connectivity index (χ1n) is 6.37. The molecule has 0 spiro atoms. The quantitative estimate of drug-likeness (QED) is 0.722. The van der Waals surface area contributed by atoms with Gasteiger partial charge in [-0.15, -0.1) is 0 Å². The normalized spacial score (nSPS) is 24.1. The molecule has 1 rings (SSSR count). The van der Waals surface area contributed by atoms with Crippen LogP contribution in [0.25, 0.3) is 0 Å². The van der Waals surface area contributed by atoms with Gasteiger partial charge in [-0.3, -0.25) is 9.69 Å². The summed E-state index contributed by atoms with van der Waals surface area (Å²) in [7, 11) is 0. The molecule has 0 saturated carbocycles. The summed E-state index contributed by atoms with van der Waals surface area (Å²) in [6.07, 6.45) is 2.17. The van der Waals surface area contributed by atoms with Crippen LogP contribution >= 0.6 is 0 Å². The van der Waals surface area contributed by atoms with Crippen LogP contribution in [0.15, 0.2) is 0 Å². The van der Waals surface area contributed by atoms with Crippen LogP contribution in [0, 0.1) is 0 Å². The number of hydrogen-bond acceptors (Lipinski definition) is 3. The van der Waals surface area contributed by atoms with Gasteiger partial charge in [-0.05, 0) is 20.3 Å². The van der Waals surface area contributed by atoms with Crippen molar-refractivity contribution in [2.24, 2.45) is 0 Å². The average molecular weight is 227 g/mol. The van der Waals surface area contributed by atoms with Crippen molar-refractivity contribution in [1.29, 1.82) is 0 Å². The maximum atomic E-state index is 11.8. The van der Waals surface area contributed by atoms with Gasteiger partial charge in [0.1, 0.15) is 0 Å². The summed E-state index contributed by atoms with van der Waals surface area (Å²) in [5.74, 6) is 0.162. The second-order valence-electron chi connectivity index (χ2n) is 4.78. The van der Waals surface area contributed by atoms with E-state index in [9.17, 15) is 4.79 Å². The monoisotopic (exact) mass is 227 g/mol. The van der Waals surface area contributed by atoms with Crippen molar-refractivity contribution in [3.05, 3.63) is 0 Å². The van der Waals surface area contributed by atoms with Gasteiger partial charge in [0.25, 0.3) is 0 Å².